The quantitative estimate of drug-likeness (QED) is 0.800. The summed E-state index contributed by atoms with van der Waals surface area (Å²) < 4.78 is 12.7. The fourth-order valence-corrected chi connectivity index (χ4v) is 2.27. The van der Waals surface area contributed by atoms with Gasteiger partial charge in [0, 0.05) is 19.6 Å². The van der Waals surface area contributed by atoms with Gasteiger partial charge in [0.25, 0.3) is 0 Å². The van der Waals surface area contributed by atoms with Gasteiger partial charge in [-0.3, -0.25) is 0 Å². The maximum atomic E-state index is 12.7. The van der Waals surface area contributed by atoms with Gasteiger partial charge in [-0.1, -0.05) is 12.1 Å². The topological polar surface area (TPSA) is 35.5 Å². The van der Waals surface area contributed by atoms with Gasteiger partial charge >= 0.3 is 0 Å². The average molecular weight is 268 g/mol. The minimum Gasteiger partial charge on any atom is -0.391 e. The van der Waals surface area contributed by atoms with Gasteiger partial charge in [0.1, 0.15) is 5.82 Å². The molecule has 1 atom stereocenters. The van der Waals surface area contributed by atoms with Crippen LogP contribution in [0.2, 0.25) is 0 Å². The van der Waals surface area contributed by atoms with Gasteiger partial charge in [-0.15, -0.1) is 0 Å². The van der Waals surface area contributed by atoms with E-state index in [1.54, 1.807) is 12.1 Å². The Morgan fingerprint density at radius 2 is 2.17 bits per heavy atom. The molecule has 1 saturated heterocycles. The van der Waals surface area contributed by atoms with Crippen LogP contribution in [0.5, 0.6) is 0 Å². The van der Waals surface area contributed by atoms with Crippen molar-refractivity contribution < 1.29 is 9.50 Å². The van der Waals surface area contributed by atoms with Gasteiger partial charge in [0.15, 0.2) is 5.11 Å². The third-order valence-corrected chi connectivity index (χ3v) is 3.44. The molecule has 5 heteroatoms. The van der Waals surface area contributed by atoms with E-state index in [9.17, 15) is 9.50 Å². The lowest BCUT2D eigenvalue weighted by atomic mass is 10.1. The SMILES string of the molecule is O[C@@H]1CCCN(C(=S)NCc2ccc(F)cc2)C1. The molecule has 1 aromatic carbocycles. The molecule has 0 aliphatic carbocycles. The third-order valence-electron chi connectivity index (χ3n) is 3.04. The molecule has 1 fully saturated rings. The zero-order valence-corrected chi connectivity index (χ0v) is 10.9. The summed E-state index contributed by atoms with van der Waals surface area (Å²) in [6, 6.07) is 6.33. The molecule has 0 bridgehead atoms. The van der Waals surface area contributed by atoms with Gasteiger partial charge in [0.2, 0.25) is 0 Å². The molecule has 1 heterocycles. The summed E-state index contributed by atoms with van der Waals surface area (Å²) in [7, 11) is 0. The average Bonchev–Trinajstić information content (AvgIpc) is 2.38. The smallest absolute Gasteiger partial charge is 0.169 e. The van der Waals surface area contributed by atoms with Crippen LogP contribution in [0.25, 0.3) is 0 Å². The maximum absolute atomic E-state index is 12.7. The lowest BCUT2D eigenvalue weighted by molar-refractivity contribution is 0.103. The van der Waals surface area contributed by atoms with Gasteiger partial charge in [-0.25, -0.2) is 4.39 Å². The lowest BCUT2D eigenvalue weighted by Crippen LogP contribution is -2.46. The zero-order valence-electron chi connectivity index (χ0n) is 10.1. The fourth-order valence-electron chi connectivity index (χ4n) is 2.03. The number of hydrogen-bond acceptors (Lipinski definition) is 2. The summed E-state index contributed by atoms with van der Waals surface area (Å²) in [5.41, 5.74) is 0.983. The van der Waals surface area contributed by atoms with Crippen molar-refractivity contribution in [1.82, 2.24) is 10.2 Å². The van der Waals surface area contributed by atoms with E-state index in [2.05, 4.69) is 5.32 Å². The first-order valence-electron chi connectivity index (χ1n) is 6.10. The number of rotatable bonds is 2. The summed E-state index contributed by atoms with van der Waals surface area (Å²) in [6.07, 6.45) is 1.51. The molecule has 2 N–H and O–H groups in total. The second kappa shape index (κ2) is 6.11. The number of β-amino-alcohol motifs (C(OH)–C–C–N with tert-alkyl or cyclic N) is 1. The van der Waals surface area contributed by atoms with E-state index in [1.165, 1.54) is 12.1 Å². The van der Waals surface area contributed by atoms with Gasteiger partial charge in [0.05, 0.1) is 6.10 Å². The van der Waals surface area contributed by atoms with Crippen LogP contribution in [0.4, 0.5) is 4.39 Å². The molecule has 1 aromatic rings. The summed E-state index contributed by atoms with van der Waals surface area (Å²) in [4.78, 5) is 1.98. The predicted octanol–water partition coefficient (Wildman–Crippen LogP) is 1.66. The van der Waals surface area contributed by atoms with Crippen LogP contribution in [0.1, 0.15) is 18.4 Å². The highest BCUT2D eigenvalue weighted by atomic mass is 32.1. The monoisotopic (exact) mass is 268 g/mol. The van der Waals surface area contributed by atoms with Crippen molar-refractivity contribution in [2.45, 2.75) is 25.5 Å². The van der Waals surface area contributed by atoms with Crippen LogP contribution in [-0.4, -0.2) is 34.3 Å². The zero-order chi connectivity index (χ0) is 13.0. The first-order chi connectivity index (χ1) is 8.65. The lowest BCUT2D eigenvalue weighted by Gasteiger charge is -2.32. The van der Waals surface area contributed by atoms with Crippen LogP contribution in [0.15, 0.2) is 24.3 Å². The van der Waals surface area contributed by atoms with E-state index in [4.69, 9.17) is 12.2 Å². The molecule has 3 nitrogen and oxygen atoms in total. The van der Waals surface area contributed by atoms with Crippen molar-refractivity contribution in [2.75, 3.05) is 13.1 Å². The number of benzene rings is 1. The van der Waals surface area contributed by atoms with Gasteiger partial charge < -0.3 is 15.3 Å². The second-order valence-electron chi connectivity index (χ2n) is 4.53. The Hall–Kier alpha value is -1.20. The van der Waals surface area contributed by atoms with Crippen molar-refractivity contribution in [3.63, 3.8) is 0 Å². The van der Waals surface area contributed by atoms with Crippen LogP contribution in [0.3, 0.4) is 0 Å². The van der Waals surface area contributed by atoms with E-state index < -0.39 is 0 Å². The molecular formula is C13H17FN2OS. The van der Waals surface area contributed by atoms with E-state index in [0.29, 0.717) is 18.2 Å². The third kappa shape index (κ3) is 3.65. The van der Waals surface area contributed by atoms with Gasteiger partial charge in [-0.2, -0.15) is 0 Å². The molecule has 0 radical (unpaired) electrons. The Kier molecular flexibility index (Phi) is 4.49. The summed E-state index contributed by atoms with van der Waals surface area (Å²) in [5, 5.41) is 13.4. The Labute approximate surface area is 112 Å². The second-order valence-corrected chi connectivity index (χ2v) is 4.91. The first-order valence-corrected chi connectivity index (χ1v) is 6.51. The van der Waals surface area contributed by atoms with Crippen LogP contribution in [0, 0.1) is 5.82 Å². The number of halogens is 1. The van der Waals surface area contributed by atoms with Crippen LogP contribution in [-0.2, 0) is 6.54 Å². The normalized spacial score (nSPS) is 19.7. The van der Waals surface area contributed by atoms with Crippen molar-refractivity contribution in [2.24, 2.45) is 0 Å². The van der Waals surface area contributed by atoms with E-state index >= 15 is 0 Å². The van der Waals surface area contributed by atoms with Crippen LogP contribution >= 0.6 is 12.2 Å². The van der Waals surface area contributed by atoms with E-state index in [-0.39, 0.29) is 11.9 Å². The van der Waals surface area contributed by atoms with Crippen molar-refractivity contribution in [3.8, 4) is 0 Å². The fraction of sp³-hybridized carbons (Fsp3) is 0.462. The molecule has 0 unspecified atom stereocenters. The summed E-state index contributed by atoms with van der Waals surface area (Å²) in [6.45, 7) is 2.05. The number of aliphatic hydroxyl groups excluding tert-OH is 1. The Morgan fingerprint density at radius 1 is 1.44 bits per heavy atom. The minimum atomic E-state index is -0.288. The highest BCUT2D eigenvalue weighted by Gasteiger charge is 2.19. The number of likely N-dealkylation sites (tertiary alicyclic amines) is 1. The highest BCUT2D eigenvalue weighted by molar-refractivity contribution is 7.80. The van der Waals surface area contributed by atoms with Crippen molar-refractivity contribution in [3.05, 3.63) is 35.6 Å². The Morgan fingerprint density at radius 3 is 2.83 bits per heavy atom. The first kappa shape index (κ1) is 13.2. The maximum Gasteiger partial charge on any atom is 0.169 e. The minimum absolute atomic E-state index is 0.236. The van der Waals surface area contributed by atoms with Gasteiger partial charge in [-0.05, 0) is 42.8 Å². The number of hydrogen-bond donors (Lipinski definition) is 2. The molecule has 0 aromatic heterocycles. The van der Waals surface area contributed by atoms with E-state index in [0.717, 1.165) is 24.9 Å². The summed E-state index contributed by atoms with van der Waals surface area (Å²) >= 11 is 5.28. The van der Waals surface area contributed by atoms with Crippen LogP contribution < -0.4 is 5.32 Å². The number of nitrogens with zero attached hydrogens (tertiary/aromatic N) is 1. The number of nitrogens with one attached hydrogen (secondary N) is 1. The number of piperidine rings is 1. The molecule has 0 saturated carbocycles. The predicted molar refractivity (Wildman–Crippen MR) is 72.7 cm³/mol. The largest absolute Gasteiger partial charge is 0.391 e. The molecule has 1 aliphatic heterocycles. The van der Waals surface area contributed by atoms with Crippen molar-refractivity contribution >= 4 is 17.3 Å². The standard InChI is InChI=1S/C13H17FN2OS/c14-11-5-3-10(4-6-11)8-15-13(18)16-7-1-2-12(17)9-16/h3-6,12,17H,1-2,7-9H2,(H,15,18)/t12-/m1/s1. The molecule has 1 aliphatic rings. The number of aliphatic hydroxyl groups is 1. The Bertz CT molecular complexity index is 410. The molecule has 0 amide bonds. The highest BCUT2D eigenvalue weighted by Crippen LogP contribution is 2.10. The summed E-state index contributed by atoms with van der Waals surface area (Å²) in [5.74, 6) is -0.236. The Balaban J connectivity index is 1.82. The van der Waals surface area contributed by atoms with E-state index in [1.807, 2.05) is 4.90 Å². The molecule has 98 valence electrons. The molecule has 2 rings (SSSR count). The molecule has 0 spiro atoms. The number of thiocarbonyl (C=S) groups is 1. The van der Waals surface area contributed by atoms with Crippen molar-refractivity contribution in [1.29, 1.82) is 0 Å². The molecular weight excluding hydrogens is 251 g/mol. The molecule has 18 heavy (non-hydrogen) atoms.